The second-order valence-electron chi connectivity index (χ2n) is 13.5. The van der Waals surface area contributed by atoms with Gasteiger partial charge in [0.1, 0.15) is 23.8 Å². The maximum Gasteiger partial charge on any atom is 0.410 e. The Kier molecular flexibility index (Phi) is 10.8. The van der Waals surface area contributed by atoms with Gasteiger partial charge < -0.3 is 33.7 Å². The number of amides is 1. The van der Waals surface area contributed by atoms with Crippen molar-refractivity contribution in [2.24, 2.45) is 0 Å². The summed E-state index contributed by atoms with van der Waals surface area (Å²) < 4.78 is 61.8. The van der Waals surface area contributed by atoms with Crippen LogP contribution in [0.25, 0.3) is 11.1 Å². The van der Waals surface area contributed by atoms with E-state index < -0.39 is 69.4 Å². The van der Waals surface area contributed by atoms with E-state index in [0.717, 1.165) is 25.3 Å². The minimum absolute atomic E-state index is 0.0300. The first-order valence-corrected chi connectivity index (χ1v) is 16.7. The minimum atomic E-state index is -1.45. The van der Waals surface area contributed by atoms with E-state index >= 15 is 8.78 Å². The van der Waals surface area contributed by atoms with Gasteiger partial charge in [-0.2, -0.15) is 0 Å². The molecule has 3 aromatic rings. The first-order valence-electron chi connectivity index (χ1n) is 16.3. The van der Waals surface area contributed by atoms with E-state index in [9.17, 15) is 14.7 Å². The first kappa shape index (κ1) is 36.4. The molecule has 12 heteroatoms. The second-order valence-corrected chi connectivity index (χ2v) is 13.9. The van der Waals surface area contributed by atoms with Crippen molar-refractivity contribution in [3.63, 3.8) is 0 Å². The summed E-state index contributed by atoms with van der Waals surface area (Å²) >= 11 is 6.63. The Bertz CT molecular complexity index is 1690. The Morgan fingerprint density at radius 2 is 1.84 bits per heavy atom. The Labute approximate surface area is 290 Å². The molecule has 2 heterocycles. The summed E-state index contributed by atoms with van der Waals surface area (Å²) in [6.07, 6.45) is 1.17. The number of hydrogen-bond donors (Lipinski definition) is 1. The quantitative estimate of drug-likeness (QED) is 0.224. The van der Waals surface area contributed by atoms with Gasteiger partial charge in [0.15, 0.2) is 23.5 Å². The van der Waals surface area contributed by atoms with Crippen LogP contribution in [0.4, 0.5) is 13.6 Å². The van der Waals surface area contributed by atoms with E-state index in [1.165, 1.54) is 17.0 Å². The van der Waals surface area contributed by atoms with Gasteiger partial charge in [-0.15, -0.1) is 0 Å². The molecule has 1 N–H and O–H groups in total. The van der Waals surface area contributed by atoms with Crippen molar-refractivity contribution < 1.29 is 47.2 Å². The lowest BCUT2D eigenvalue weighted by molar-refractivity contribution is -0.189. The third-order valence-electron chi connectivity index (χ3n) is 8.67. The number of halogens is 3. The molecule has 1 saturated heterocycles. The number of nitrogens with zero attached hydrogens (tertiary/aromatic N) is 1. The summed E-state index contributed by atoms with van der Waals surface area (Å²) in [5, 5.41) is 9.72. The molecule has 0 saturated carbocycles. The van der Waals surface area contributed by atoms with Crippen LogP contribution in [0.1, 0.15) is 81.3 Å². The standard InChI is InChI=1S/C37H42ClF2NO8/c1-21(47-28-14-10-11-17-45-28)19-46-26-16-15-24(34(42)43)30(33(26)40)31-29-22(2)37(23-12-8-7-9-13-23,48-27(29)18-25(39)32(31)38)20-41(6)35(44)49-36(3,4)5/h7-9,12-13,15-16,18,21-22,28H,10-11,14,17,19-20H2,1-6H3,(H,42,43)/t21-,22-,28?,37-/m0/s1. The van der Waals surface area contributed by atoms with Gasteiger partial charge in [0.2, 0.25) is 0 Å². The fourth-order valence-electron chi connectivity index (χ4n) is 6.36. The zero-order valence-corrected chi connectivity index (χ0v) is 29.2. The Morgan fingerprint density at radius 1 is 1.12 bits per heavy atom. The maximum atomic E-state index is 16.6. The number of benzene rings is 3. The summed E-state index contributed by atoms with van der Waals surface area (Å²) in [5.41, 5.74) is -2.26. The predicted octanol–water partition coefficient (Wildman–Crippen LogP) is 8.55. The molecule has 9 nitrogen and oxygen atoms in total. The van der Waals surface area contributed by atoms with Crippen LogP contribution in [-0.2, 0) is 19.8 Å². The lowest BCUT2D eigenvalue weighted by Gasteiger charge is -2.37. The molecule has 1 unspecified atom stereocenters. The van der Waals surface area contributed by atoms with E-state index in [0.29, 0.717) is 12.2 Å². The SMILES string of the molecule is C[C@@H](COc1ccc(C(=O)O)c(-c2c(Cl)c(F)cc3c2[C@H](C)[C@@](CN(C)C(=O)OC(C)(C)C)(c2ccccc2)O3)c1F)OC1CCCCO1. The Morgan fingerprint density at radius 3 is 2.47 bits per heavy atom. The van der Waals surface area contributed by atoms with Crippen molar-refractivity contribution in [3.05, 3.63) is 81.9 Å². The highest BCUT2D eigenvalue weighted by molar-refractivity contribution is 6.34. The topological polar surface area (TPSA) is 104 Å². The Hall–Kier alpha value is -3.93. The largest absolute Gasteiger partial charge is 0.488 e. The fraction of sp³-hybridized carbons (Fsp3) is 0.459. The van der Waals surface area contributed by atoms with E-state index in [1.807, 2.05) is 18.2 Å². The van der Waals surface area contributed by atoms with E-state index in [2.05, 4.69) is 0 Å². The number of carboxylic acids is 1. The lowest BCUT2D eigenvalue weighted by atomic mass is 9.77. The molecule has 4 atom stereocenters. The number of fused-ring (bicyclic) bond motifs is 1. The summed E-state index contributed by atoms with van der Waals surface area (Å²) in [5.74, 6) is -4.37. The third kappa shape index (κ3) is 7.64. The summed E-state index contributed by atoms with van der Waals surface area (Å²) in [7, 11) is 1.56. The van der Waals surface area contributed by atoms with Crippen molar-refractivity contribution in [3.8, 4) is 22.6 Å². The van der Waals surface area contributed by atoms with E-state index in [-0.39, 0.29) is 35.8 Å². The molecule has 3 aromatic carbocycles. The molecule has 0 radical (unpaired) electrons. The van der Waals surface area contributed by atoms with Crippen LogP contribution in [-0.4, -0.2) is 66.9 Å². The maximum absolute atomic E-state index is 16.6. The van der Waals surface area contributed by atoms with E-state index in [1.54, 1.807) is 53.8 Å². The molecule has 2 aliphatic rings. The fourth-order valence-corrected chi connectivity index (χ4v) is 6.61. The zero-order valence-electron chi connectivity index (χ0n) is 28.5. The van der Waals surface area contributed by atoms with Crippen LogP contribution < -0.4 is 9.47 Å². The zero-order chi connectivity index (χ0) is 35.7. The van der Waals surface area contributed by atoms with Crippen molar-refractivity contribution in [1.82, 2.24) is 4.90 Å². The molecular weight excluding hydrogens is 660 g/mol. The predicted molar refractivity (Wildman–Crippen MR) is 179 cm³/mol. The number of rotatable bonds is 10. The molecule has 49 heavy (non-hydrogen) atoms. The summed E-state index contributed by atoms with van der Waals surface area (Å²) in [6.45, 7) is 9.26. The van der Waals surface area contributed by atoms with Gasteiger partial charge >= 0.3 is 12.1 Å². The molecule has 264 valence electrons. The van der Waals surface area contributed by atoms with Crippen LogP contribution >= 0.6 is 11.6 Å². The van der Waals surface area contributed by atoms with Gasteiger partial charge in [0.05, 0.1) is 23.2 Å². The van der Waals surface area contributed by atoms with Crippen LogP contribution in [0.5, 0.6) is 11.5 Å². The highest BCUT2D eigenvalue weighted by Gasteiger charge is 2.51. The first-order chi connectivity index (χ1) is 23.1. The second kappa shape index (κ2) is 14.5. The van der Waals surface area contributed by atoms with Crippen molar-refractivity contribution in [2.75, 3.05) is 26.8 Å². The van der Waals surface area contributed by atoms with Gasteiger partial charge in [-0.1, -0.05) is 48.9 Å². The van der Waals surface area contributed by atoms with Crippen molar-refractivity contribution in [2.45, 2.75) is 83.4 Å². The van der Waals surface area contributed by atoms with Crippen LogP contribution in [0, 0.1) is 11.6 Å². The third-order valence-corrected chi connectivity index (χ3v) is 9.04. The van der Waals surface area contributed by atoms with Gasteiger partial charge in [-0.25, -0.2) is 18.4 Å². The minimum Gasteiger partial charge on any atom is -0.488 e. The number of hydrogen-bond acceptors (Lipinski definition) is 7. The van der Waals surface area contributed by atoms with Crippen molar-refractivity contribution in [1.29, 1.82) is 0 Å². The van der Waals surface area contributed by atoms with Gasteiger partial charge in [0, 0.05) is 42.3 Å². The highest BCUT2D eigenvalue weighted by Crippen LogP contribution is 2.57. The summed E-state index contributed by atoms with van der Waals surface area (Å²) in [4.78, 5) is 27.0. The van der Waals surface area contributed by atoms with E-state index in [4.69, 9.17) is 35.3 Å². The normalized spacial score (nSPS) is 21.0. The monoisotopic (exact) mass is 701 g/mol. The average molecular weight is 702 g/mol. The van der Waals surface area contributed by atoms with Gasteiger partial charge in [-0.3, -0.25) is 0 Å². The number of likely N-dealkylation sites (N-methyl/N-ethyl adjacent to an activating group) is 1. The summed E-state index contributed by atoms with van der Waals surface area (Å²) in [6, 6.07) is 12.5. The lowest BCUT2D eigenvalue weighted by Crippen LogP contribution is -2.47. The molecule has 2 aliphatic heterocycles. The van der Waals surface area contributed by atoms with Crippen LogP contribution in [0.15, 0.2) is 48.5 Å². The smallest absolute Gasteiger partial charge is 0.410 e. The van der Waals surface area contributed by atoms with Gasteiger partial charge in [-0.05, 0) is 64.7 Å². The molecular formula is C37H42ClF2NO8. The average Bonchev–Trinajstić information content (AvgIpc) is 3.32. The number of ether oxygens (including phenoxy) is 5. The number of carbonyl (C=O) groups is 2. The number of carbonyl (C=O) groups excluding carboxylic acids is 1. The van der Waals surface area contributed by atoms with Crippen LogP contribution in [0.2, 0.25) is 5.02 Å². The Balaban J connectivity index is 1.59. The molecule has 1 amide bonds. The number of aromatic carboxylic acids is 1. The molecule has 0 spiro atoms. The molecule has 0 aromatic heterocycles. The van der Waals surface area contributed by atoms with Gasteiger partial charge in [0.25, 0.3) is 0 Å². The molecule has 0 aliphatic carbocycles. The molecule has 0 bridgehead atoms. The van der Waals surface area contributed by atoms with Crippen LogP contribution in [0.3, 0.4) is 0 Å². The number of carboxylic acid groups (broad SMARTS) is 1. The molecule has 5 rings (SSSR count). The highest BCUT2D eigenvalue weighted by atomic mass is 35.5. The van der Waals surface area contributed by atoms with Crippen molar-refractivity contribution >= 4 is 23.7 Å². The molecule has 1 fully saturated rings.